The first-order valence-electron chi connectivity index (χ1n) is 8.32. The molecule has 2 heterocycles. The second-order valence-corrected chi connectivity index (χ2v) is 7.06. The molecule has 0 saturated carbocycles. The maximum Gasteiger partial charge on any atom is 0.223 e. The maximum absolute atomic E-state index is 12.3. The summed E-state index contributed by atoms with van der Waals surface area (Å²) in [5.74, 6) is 0.270. The second kappa shape index (κ2) is 9.25. The number of rotatable bonds is 4. The van der Waals surface area contributed by atoms with Crippen molar-refractivity contribution in [2.45, 2.75) is 25.3 Å². The molecule has 2 saturated heterocycles. The van der Waals surface area contributed by atoms with E-state index in [-0.39, 0.29) is 18.3 Å². The standard InChI is InChI=1S/C17H23Cl2N3O.ClH/c18-14-4-3-13(12-15(14)19)16-2-1-8-21(16)9-5-17(23)22-10-6-20-7-11-22;/h3-4,12,16,20H,1-2,5-11H2;1H. The molecule has 1 atom stereocenters. The predicted octanol–water partition coefficient (Wildman–Crippen LogP) is 3.37. The summed E-state index contributed by atoms with van der Waals surface area (Å²) in [6, 6.07) is 6.22. The minimum Gasteiger partial charge on any atom is -0.340 e. The average molecular weight is 393 g/mol. The van der Waals surface area contributed by atoms with Crippen molar-refractivity contribution in [1.29, 1.82) is 0 Å². The number of benzene rings is 1. The first-order chi connectivity index (χ1) is 11.1. The zero-order chi connectivity index (χ0) is 16.2. The highest BCUT2D eigenvalue weighted by Gasteiger charge is 2.27. The third-order valence-corrected chi connectivity index (χ3v) is 5.51. The van der Waals surface area contributed by atoms with E-state index in [1.54, 1.807) is 0 Å². The van der Waals surface area contributed by atoms with Crippen molar-refractivity contribution in [2.24, 2.45) is 0 Å². The Kier molecular flexibility index (Phi) is 7.63. The van der Waals surface area contributed by atoms with Crippen LogP contribution >= 0.6 is 35.6 Å². The van der Waals surface area contributed by atoms with Crippen LogP contribution in [0.1, 0.15) is 30.9 Å². The van der Waals surface area contributed by atoms with Crippen LogP contribution in [-0.2, 0) is 4.79 Å². The third kappa shape index (κ3) is 4.77. The van der Waals surface area contributed by atoms with Crippen molar-refractivity contribution < 1.29 is 4.79 Å². The van der Waals surface area contributed by atoms with Crippen LogP contribution in [0.5, 0.6) is 0 Å². The number of carbonyl (C=O) groups is 1. The maximum atomic E-state index is 12.3. The van der Waals surface area contributed by atoms with Crippen molar-refractivity contribution in [2.75, 3.05) is 39.3 Å². The Morgan fingerprint density at radius 1 is 1.17 bits per heavy atom. The molecule has 1 aromatic rings. The zero-order valence-electron chi connectivity index (χ0n) is 13.6. The number of piperazine rings is 1. The summed E-state index contributed by atoms with van der Waals surface area (Å²) in [6.07, 6.45) is 2.87. The van der Waals surface area contributed by atoms with E-state index in [2.05, 4.69) is 16.3 Å². The zero-order valence-corrected chi connectivity index (χ0v) is 16.0. The lowest BCUT2D eigenvalue weighted by molar-refractivity contribution is -0.132. The molecule has 24 heavy (non-hydrogen) atoms. The molecule has 1 unspecified atom stereocenters. The summed E-state index contributed by atoms with van der Waals surface area (Å²) in [6.45, 7) is 5.32. The van der Waals surface area contributed by atoms with Gasteiger partial charge in [0.25, 0.3) is 0 Å². The molecule has 2 fully saturated rings. The number of likely N-dealkylation sites (tertiary alicyclic amines) is 1. The quantitative estimate of drug-likeness (QED) is 0.853. The highest BCUT2D eigenvalue weighted by Crippen LogP contribution is 2.34. The van der Waals surface area contributed by atoms with Crippen LogP contribution < -0.4 is 5.32 Å². The molecule has 1 N–H and O–H groups in total. The van der Waals surface area contributed by atoms with Crippen molar-refractivity contribution >= 4 is 41.5 Å². The highest BCUT2D eigenvalue weighted by molar-refractivity contribution is 6.42. The van der Waals surface area contributed by atoms with Crippen LogP contribution in [-0.4, -0.2) is 55.0 Å². The molecule has 0 radical (unpaired) electrons. The average Bonchev–Trinajstić information content (AvgIpc) is 3.04. The molecule has 2 aliphatic heterocycles. The van der Waals surface area contributed by atoms with E-state index in [4.69, 9.17) is 23.2 Å². The van der Waals surface area contributed by atoms with Gasteiger partial charge in [-0.3, -0.25) is 9.69 Å². The first-order valence-corrected chi connectivity index (χ1v) is 9.08. The minimum absolute atomic E-state index is 0. The molecular formula is C17H24Cl3N3O. The summed E-state index contributed by atoms with van der Waals surface area (Å²) < 4.78 is 0. The fourth-order valence-corrected chi connectivity index (χ4v) is 3.81. The molecule has 1 amide bonds. The Morgan fingerprint density at radius 2 is 1.92 bits per heavy atom. The Labute approximate surface area is 159 Å². The Balaban J connectivity index is 0.00000208. The normalized spacial score (nSPS) is 21.6. The van der Waals surface area contributed by atoms with Gasteiger partial charge in [-0.25, -0.2) is 0 Å². The van der Waals surface area contributed by atoms with Gasteiger partial charge in [0.2, 0.25) is 5.91 Å². The van der Waals surface area contributed by atoms with Gasteiger partial charge in [0.1, 0.15) is 0 Å². The summed E-state index contributed by atoms with van der Waals surface area (Å²) in [4.78, 5) is 16.7. The van der Waals surface area contributed by atoms with E-state index < -0.39 is 0 Å². The second-order valence-electron chi connectivity index (χ2n) is 6.25. The van der Waals surface area contributed by atoms with Gasteiger partial charge >= 0.3 is 0 Å². The van der Waals surface area contributed by atoms with E-state index in [1.807, 2.05) is 17.0 Å². The van der Waals surface area contributed by atoms with Gasteiger partial charge in [0.05, 0.1) is 10.0 Å². The highest BCUT2D eigenvalue weighted by atomic mass is 35.5. The monoisotopic (exact) mass is 391 g/mol. The van der Waals surface area contributed by atoms with E-state index in [9.17, 15) is 4.79 Å². The van der Waals surface area contributed by atoms with Crippen LogP contribution in [0.15, 0.2) is 18.2 Å². The molecule has 3 rings (SSSR count). The first kappa shape index (κ1) is 19.8. The molecule has 0 aromatic heterocycles. The van der Waals surface area contributed by atoms with Gasteiger partial charge in [0.15, 0.2) is 0 Å². The Hall–Kier alpha value is -0.520. The molecule has 0 spiro atoms. The summed E-state index contributed by atoms with van der Waals surface area (Å²) in [5.41, 5.74) is 1.20. The Bertz CT molecular complexity index is 564. The third-order valence-electron chi connectivity index (χ3n) is 4.77. The van der Waals surface area contributed by atoms with E-state index >= 15 is 0 Å². The Morgan fingerprint density at radius 3 is 2.62 bits per heavy atom. The van der Waals surface area contributed by atoms with Crippen LogP contribution in [0.4, 0.5) is 0 Å². The van der Waals surface area contributed by atoms with Crippen molar-refractivity contribution in [3.05, 3.63) is 33.8 Å². The van der Waals surface area contributed by atoms with Crippen molar-refractivity contribution in [1.82, 2.24) is 15.1 Å². The van der Waals surface area contributed by atoms with E-state index in [1.165, 1.54) is 5.56 Å². The van der Waals surface area contributed by atoms with Gasteiger partial charge in [-0.2, -0.15) is 0 Å². The van der Waals surface area contributed by atoms with Crippen molar-refractivity contribution in [3.63, 3.8) is 0 Å². The molecule has 134 valence electrons. The van der Waals surface area contributed by atoms with E-state index in [0.717, 1.165) is 52.1 Å². The molecule has 2 aliphatic rings. The topological polar surface area (TPSA) is 35.6 Å². The molecule has 0 bridgehead atoms. The van der Waals surface area contributed by atoms with E-state index in [0.29, 0.717) is 22.5 Å². The molecule has 1 aromatic carbocycles. The fraction of sp³-hybridized carbons (Fsp3) is 0.588. The van der Waals surface area contributed by atoms with Crippen LogP contribution in [0.2, 0.25) is 10.0 Å². The van der Waals surface area contributed by atoms with Gasteiger partial charge in [-0.15, -0.1) is 12.4 Å². The van der Waals surface area contributed by atoms with Gasteiger partial charge in [0, 0.05) is 45.2 Å². The minimum atomic E-state index is 0. The predicted molar refractivity (Wildman–Crippen MR) is 101 cm³/mol. The molecular weight excluding hydrogens is 369 g/mol. The van der Waals surface area contributed by atoms with Gasteiger partial charge in [-0.1, -0.05) is 29.3 Å². The van der Waals surface area contributed by atoms with Gasteiger partial charge in [-0.05, 0) is 37.1 Å². The lowest BCUT2D eigenvalue weighted by Gasteiger charge is -2.29. The smallest absolute Gasteiger partial charge is 0.223 e. The number of halogens is 3. The SMILES string of the molecule is Cl.O=C(CCN1CCCC1c1ccc(Cl)c(Cl)c1)N1CCNCC1. The summed E-state index contributed by atoms with van der Waals surface area (Å²) in [5, 5.41) is 4.47. The lowest BCUT2D eigenvalue weighted by atomic mass is 10.0. The van der Waals surface area contributed by atoms with Crippen molar-refractivity contribution in [3.8, 4) is 0 Å². The largest absolute Gasteiger partial charge is 0.340 e. The summed E-state index contributed by atoms with van der Waals surface area (Å²) >= 11 is 12.2. The fourth-order valence-electron chi connectivity index (χ4n) is 3.50. The van der Waals surface area contributed by atoms with Crippen LogP contribution in [0.25, 0.3) is 0 Å². The number of carbonyl (C=O) groups excluding carboxylic acids is 1. The number of amides is 1. The van der Waals surface area contributed by atoms with Crippen LogP contribution in [0.3, 0.4) is 0 Å². The van der Waals surface area contributed by atoms with Crippen LogP contribution in [0, 0.1) is 0 Å². The lowest BCUT2D eigenvalue weighted by Crippen LogP contribution is -2.47. The summed E-state index contributed by atoms with van der Waals surface area (Å²) in [7, 11) is 0. The number of hydrogen-bond donors (Lipinski definition) is 1. The molecule has 7 heteroatoms. The number of nitrogens with one attached hydrogen (secondary N) is 1. The molecule has 4 nitrogen and oxygen atoms in total. The van der Waals surface area contributed by atoms with Gasteiger partial charge < -0.3 is 10.2 Å². The molecule has 0 aliphatic carbocycles. The number of hydrogen-bond acceptors (Lipinski definition) is 3. The number of nitrogens with zero attached hydrogens (tertiary/aromatic N) is 2.